The Labute approximate surface area is 320 Å². The van der Waals surface area contributed by atoms with Crippen LogP contribution in [0.15, 0.2) is 60.2 Å². The zero-order valence-electron chi connectivity index (χ0n) is 32.6. The summed E-state index contributed by atoms with van der Waals surface area (Å²) in [7, 11) is 1.70. The van der Waals surface area contributed by atoms with E-state index in [0.717, 1.165) is 12.0 Å². The SMILES string of the molecule is CC[C@H](OC)[C@@H](C)C1OC1C(N(CCCO)Cc1ccc(Cl)cc1)C(C)(O)/C=C/C=C(\C)[C@H]1OC(=O)CC(O)CCC(C)(O)[C@@H](OC(C)=O)/C=C/C1C. The second kappa shape index (κ2) is 20.3. The van der Waals surface area contributed by atoms with Gasteiger partial charge in [0, 0.05) is 50.6 Å². The van der Waals surface area contributed by atoms with Gasteiger partial charge in [0.15, 0.2) is 0 Å². The molecule has 1 aromatic rings. The molecule has 0 radical (unpaired) electrons. The number of rotatable bonds is 16. The average molecular weight is 764 g/mol. The van der Waals surface area contributed by atoms with Gasteiger partial charge in [-0.2, -0.15) is 0 Å². The normalized spacial score (nSPS) is 30.8. The number of benzene rings is 1. The number of esters is 2. The summed E-state index contributed by atoms with van der Waals surface area (Å²) in [5.74, 6) is -1.48. The number of cyclic esters (lactones) is 1. The number of carbonyl (C=O) groups excluding carboxylic acids is 2. The smallest absolute Gasteiger partial charge is 0.309 e. The molecule has 2 heterocycles. The molecule has 0 bridgehead atoms. The number of epoxide rings is 1. The molecule has 0 amide bonds. The molecule has 2 aliphatic heterocycles. The number of ether oxygens (including phenoxy) is 4. The highest BCUT2D eigenvalue weighted by Gasteiger charge is 2.56. The number of halogens is 1. The lowest BCUT2D eigenvalue weighted by Crippen LogP contribution is -2.54. The Hall–Kier alpha value is -2.61. The van der Waals surface area contributed by atoms with Gasteiger partial charge in [0.25, 0.3) is 0 Å². The van der Waals surface area contributed by atoms with Crippen molar-refractivity contribution in [3.8, 4) is 0 Å². The van der Waals surface area contributed by atoms with Crippen LogP contribution in [0.4, 0.5) is 0 Å². The maximum absolute atomic E-state index is 13.0. The van der Waals surface area contributed by atoms with E-state index >= 15 is 0 Å². The van der Waals surface area contributed by atoms with Gasteiger partial charge in [0.1, 0.15) is 23.9 Å². The molecule has 0 spiro atoms. The van der Waals surface area contributed by atoms with Crippen LogP contribution in [0.2, 0.25) is 5.02 Å². The molecule has 298 valence electrons. The van der Waals surface area contributed by atoms with Crippen molar-refractivity contribution in [3.05, 3.63) is 70.8 Å². The third-order valence-corrected chi connectivity index (χ3v) is 10.7. The van der Waals surface area contributed by atoms with Crippen LogP contribution >= 0.6 is 11.6 Å². The molecule has 12 heteroatoms. The highest BCUT2D eigenvalue weighted by molar-refractivity contribution is 6.30. The minimum absolute atomic E-state index is 0.0138. The van der Waals surface area contributed by atoms with Crippen molar-refractivity contribution in [3.63, 3.8) is 0 Å². The van der Waals surface area contributed by atoms with Crippen molar-refractivity contribution in [2.24, 2.45) is 11.8 Å². The zero-order chi connectivity index (χ0) is 39.5. The number of nitrogens with zero attached hydrogens (tertiary/aromatic N) is 1. The van der Waals surface area contributed by atoms with Gasteiger partial charge in [0.05, 0.1) is 36.4 Å². The van der Waals surface area contributed by atoms with Crippen LogP contribution in [-0.2, 0) is 35.1 Å². The van der Waals surface area contributed by atoms with E-state index in [-0.39, 0.29) is 50.1 Å². The maximum Gasteiger partial charge on any atom is 0.309 e. The first-order valence-corrected chi connectivity index (χ1v) is 19.1. The molecular formula is C41H62ClNO10. The van der Waals surface area contributed by atoms with Crippen LogP contribution in [0.5, 0.6) is 0 Å². The monoisotopic (exact) mass is 763 g/mol. The molecule has 1 fully saturated rings. The second-order valence-corrected chi connectivity index (χ2v) is 15.6. The quantitative estimate of drug-likeness (QED) is 0.0749. The first-order chi connectivity index (χ1) is 24.9. The van der Waals surface area contributed by atoms with Crippen molar-refractivity contribution in [1.29, 1.82) is 0 Å². The van der Waals surface area contributed by atoms with Gasteiger partial charge in [-0.1, -0.05) is 68.8 Å². The highest BCUT2D eigenvalue weighted by atomic mass is 35.5. The highest BCUT2D eigenvalue weighted by Crippen LogP contribution is 2.41. The van der Waals surface area contributed by atoms with Crippen molar-refractivity contribution >= 4 is 23.5 Å². The summed E-state index contributed by atoms with van der Waals surface area (Å²) in [5, 5.41) is 44.4. The number of aliphatic hydroxyl groups is 4. The minimum Gasteiger partial charge on any atom is -0.457 e. The summed E-state index contributed by atoms with van der Waals surface area (Å²) < 4.78 is 23.4. The fraction of sp³-hybridized carbons (Fsp3) is 0.659. The van der Waals surface area contributed by atoms with Crippen LogP contribution < -0.4 is 0 Å². The van der Waals surface area contributed by atoms with Gasteiger partial charge in [0.2, 0.25) is 0 Å². The summed E-state index contributed by atoms with van der Waals surface area (Å²) in [5.41, 5.74) is -1.23. The standard InChI is InChI=1S/C41H62ClNO10/c1-9-33(50-8)28(4)37-38(53-37)39(43(22-11-23-44)25-30-14-16-31(42)17-15-30)41(7,49)20-10-12-26(2)36-27(3)13-18-34(51-29(5)45)40(6,48)21-19-32(46)24-35(47)52-36/h10,12-18,20,27-28,32-34,36-39,44,46,48-49H,9,11,19,21-25H2,1-8H3/b18-13+,20-10+,26-12+/t27?,28-,32?,33+,34+,36-,37?,38?,39?,40?,41?/m1/s1. The first kappa shape index (κ1) is 44.8. The number of aliphatic hydroxyl groups excluding tert-OH is 2. The molecule has 53 heavy (non-hydrogen) atoms. The zero-order valence-corrected chi connectivity index (χ0v) is 33.4. The van der Waals surface area contributed by atoms with E-state index in [9.17, 15) is 30.0 Å². The molecule has 0 saturated carbocycles. The van der Waals surface area contributed by atoms with E-state index in [1.54, 1.807) is 44.4 Å². The fourth-order valence-corrected chi connectivity index (χ4v) is 7.45. The van der Waals surface area contributed by atoms with Crippen LogP contribution in [0, 0.1) is 11.8 Å². The van der Waals surface area contributed by atoms with Crippen LogP contribution in [0.1, 0.15) is 86.1 Å². The predicted octanol–water partition coefficient (Wildman–Crippen LogP) is 5.31. The molecule has 4 N–H and O–H groups in total. The van der Waals surface area contributed by atoms with Crippen molar-refractivity contribution in [1.82, 2.24) is 4.90 Å². The largest absolute Gasteiger partial charge is 0.457 e. The maximum atomic E-state index is 13.0. The Kier molecular flexibility index (Phi) is 17.2. The van der Waals surface area contributed by atoms with E-state index in [4.69, 9.17) is 30.5 Å². The van der Waals surface area contributed by atoms with Gasteiger partial charge in [-0.3, -0.25) is 14.5 Å². The van der Waals surface area contributed by atoms with E-state index < -0.39 is 53.4 Å². The lowest BCUT2D eigenvalue weighted by molar-refractivity contribution is -0.157. The first-order valence-electron chi connectivity index (χ1n) is 18.7. The van der Waals surface area contributed by atoms with Gasteiger partial charge in [-0.25, -0.2) is 0 Å². The minimum atomic E-state index is -1.47. The molecular weight excluding hydrogens is 702 g/mol. The lowest BCUT2D eigenvalue weighted by Gasteiger charge is -2.39. The Morgan fingerprint density at radius 2 is 1.89 bits per heavy atom. The number of hydrogen-bond acceptors (Lipinski definition) is 11. The van der Waals surface area contributed by atoms with Gasteiger partial charge >= 0.3 is 11.9 Å². The molecule has 11 atom stereocenters. The van der Waals surface area contributed by atoms with Crippen LogP contribution in [0.25, 0.3) is 0 Å². The number of hydrogen-bond donors (Lipinski definition) is 4. The Balaban J connectivity index is 1.98. The second-order valence-electron chi connectivity index (χ2n) is 15.2. The third-order valence-electron chi connectivity index (χ3n) is 10.4. The molecule has 11 nitrogen and oxygen atoms in total. The van der Waals surface area contributed by atoms with Gasteiger partial charge < -0.3 is 39.4 Å². The summed E-state index contributed by atoms with van der Waals surface area (Å²) in [6.45, 7) is 13.3. The molecule has 2 aliphatic rings. The fourth-order valence-electron chi connectivity index (χ4n) is 7.32. The number of methoxy groups -OCH3 is 1. The van der Waals surface area contributed by atoms with Crippen LogP contribution in [0.3, 0.4) is 0 Å². The summed E-state index contributed by atoms with van der Waals surface area (Å²) in [6, 6.07) is 7.04. The Bertz CT molecular complexity index is 1410. The molecule has 1 saturated heterocycles. The summed E-state index contributed by atoms with van der Waals surface area (Å²) in [6.07, 6.45) is 6.53. The molecule has 3 rings (SSSR count). The third kappa shape index (κ3) is 13.3. The molecule has 0 aliphatic carbocycles. The number of carbonyl (C=O) groups is 2. The van der Waals surface area contributed by atoms with E-state index in [0.29, 0.717) is 30.1 Å². The molecule has 1 aromatic carbocycles. The van der Waals surface area contributed by atoms with Crippen molar-refractivity contribution in [2.45, 2.75) is 141 Å². The topological polar surface area (TPSA) is 159 Å². The van der Waals surface area contributed by atoms with E-state index in [2.05, 4.69) is 18.7 Å². The van der Waals surface area contributed by atoms with Crippen molar-refractivity contribution in [2.75, 3.05) is 20.3 Å². The van der Waals surface area contributed by atoms with Gasteiger partial charge in [-0.15, -0.1) is 0 Å². The molecule has 0 aromatic heterocycles. The average Bonchev–Trinajstić information content (AvgIpc) is 3.87. The number of allylic oxidation sites excluding steroid dienone is 2. The lowest BCUT2D eigenvalue weighted by atomic mass is 9.85. The van der Waals surface area contributed by atoms with Gasteiger partial charge in [-0.05, 0) is 75.8 Å². The summed E-state index contributed by atoms with van der Waals surface area (Å²) in [4.78, 5) is 27.0. The van der Waals surface area contributed by atoms with E-state index in [1.165, 1.54) is 13.8 Å². The summed E-state index contributed by atoms with van der Waals surface area (Å²) >= 11 is 6.18. The Morgan fingerprint density at radius 3 is 2.49 bits per heavy atom. The van der Waals surface area contributed by atoms with Crippen LogP contribution in [-0.4, -0.2) is 111 Å². The predicted molar refractivity (Wildman–Crippen MR) is 204 cm³/mol. The van der Waals surface area contributed by atoms with E-state index in [1.807, 2.05) is 38.1 Å². The molecule has 7 unspecified atom stereocenters. The Morgan fingerprint density at radius 1 is 1.21 bits per heavy atom. The van der Waals surface area contributed by atoms with Crippen molar-refractivity contribution < 1.29 is 49.0 Å².